The number of nitrogens with zero attached hydrogens (tertiary/aromatic N) is 2. The summed E-state index contributed by atoms with van der Waals surface area (Å²) < 4.78 is 22.5. The zero-order valence-electron chi connectivity index (χ0n) is 12.9. The molecule has 0 spiro atoms. The van der Waals surface area contributed by atoms with Gasteiger partial charge in [-0.05, 0) is 48.4 Å². The second kappa shape index (κ2) is 6.06. The summed E-state index contributed by atoms with van der Waals surface area (Å²) in [6, 6.07) is 11.5. The number of aryl methyl sites for hydroxylation is 1. The molecule has 1 heterocycles. The number of rotatable bonds is 4. The number of hydrogen-bond donors (Lipinski definition) is 3. The maximum atomic E-state index is 11.2. The van der Waals surface area contributed by atoms with Crippen molar-refractivity contribution in [1.29, 1.82) is 0 Å². The first-order valence-corrected chi connectivity index (χ1v) is 8.81. The van der Waals surface area contributed by atoms with Crippen LogP contribution in [0.25, 0.3) is 10.9 Å². The van der Waals surface area contributed by atoms with Gasteiger partial charge in [0, 0.05) is 5.39 Å². The molecular formula is C16H16N4O3S. The number of benzene rings is 2. The van der Waals surface area contributed by atoms with Gasteiger partial charge in [-0.3, -0.25) is 0 Å². The number of fused-ring (bicyclic) bond motifs is 1. The second-order valence-corrected chi connectivity index (χ2v) is 6.86. The predicted molar refractivity (Wildman–Crippen MR) is 91.3 cm³/mol. The van der Waals surface area contributed by atoms with Gasteiger partial charge in [0.05, 0.1) is 16.1 Å². The smallest absolute Gasteiger partial charge is 0.238 e. The number of hydrogen-bond acceptors (Lipinski definition) is 5. The third kappa shape index (κ3) is 3.15. The molecule has 0 bridgehead atoms. The maximum absolute atomic E-state index is 11.2. The van der Waals surface area contributed by atoms with E-state index < -0.39 is 10.0 Å². The number of aromatic nitrogens is 1. The van der Waals surface area contributed by atoms with Gasteiger partial charge in [-0.15, -0.1) is 5.11 Å². The highest BCUT2D eigenvalue weighted by molar-refractivity contribution is 7.89. The number of aromatic hydroxyl groups is 1. The van der Waals surface area contributed by atoms with Gasteiger partial charge in [-0.2, -0.15) is 5.11 Å². The Labute approximate surface area is 138 Å². The quantitative estimate of drug-likeness (QED) is 0.628. The van der Waals surface area contributed by atoms with Crippen LogP contribution in [0.1, 0.15) is 12.5 Å². The van der Waals surface area contributed by atoms with Crippen molar-refractivity contribution in [3.8, 4) is 5.88 Å². The minimum absolute atomic E-state index is 0.00368. The summed E-state index contributed by atoms with van der Waals surface area (Å²) in [5.41, 5.74) is 2.68. The number of azo groups is 1. The van der Waals surface area contributed by atoms with Crippen molar-refractivity contribution in [3.05, 3.63) is 48.0 Å². The Morgan fingerprint density at radius 1 is 1.12 bits per heavy atom. The number of nitrogens with one attached hydrogen (secondary N) is 1. The molecule has 7 nitrogen and oxygen atoms in total. The van der Waals surface area contributed by atoms with E-state index in [1.54, 1.807) is 0 Å². The van der Waals surface area contributed by atoms with Crippen LogP contribution in [0.15, 0.2) is 57.6 Å². The Bertz CT molecular complexity index is 1020. The number of aromatic amines is 1. The monoisotopic (exact) mass is 344 g/mol. The first-order chi connectivity index (χ1) is 11.4. The average Bonchev–Trinajstić information content (AvgIpc) is 2.87. The van der Waals surface area contributed by atoms with Crippen molar-refractivity contribution < 1.29 is 13.5 Å². The minimum atomic E-state index is -3.74. The molecule has 0 atom stereocenters. The Balaban J connectivity index is 1.97. The lowest BCUT2D eigenvalue weighted by molar-refractivity contribution is 0.459. The molecule has 0 saturated carbocycles. The van der Waals surface area contributed by atoms with Gasteiger partial charge in [0.15, 0.2) is 5.69 Å². The van der Waals surface area contributed by atoms with Crippen molar-refractivity contribution in [3.63, 3.8) is 0 Å². The molecule has 24 heavy (non-hydrogen) atoms. The van der Waals surface area contributed by atoms with E-state index in [2.05, 4.69) is 15.2 Å². The fraction of sp³-hybridized carbons (Fsp3) is 0.125. The van der Waals surface area contributed by atoms with Gasteiger partial charge in [0.2, 0.25) is 15.9 Å². The van der Waals surface area contributed by atoms with Crippen LogP contribution in [0.3, 0.4) is 0 Å². The van der Waals surface area contributed by atoms with Gasteiger partial charge in [-0.1, -0.05) is 13.0 Å². The van der Waals surface area contributed by atoms with Crippen molar-refractivity contribution in [2.45, 2.75) is 18.2 Å². The molecule has 1 aromatic heterocycles. The van der Waals surface area contributed by atoms with Crippen LogP contribution in [-0.2, 0) is 16.4 Å². The van der Waals surface area contributed by atoms with Gasteiger partial charge < -0.3 is 10.1 Å². The molecule has 8 heteroatoms. The first kappa shape index (κ1) is 16.2. The average molecular weight is 344 g/mol. The van der Waals surface area contributed by atoms with Crippen molar-refractivity contribution >= 4 is 32.3 Å². The van der Waals surface area contributed by atoms with Gasteiger partial charge in [0.1, 0.15) is 0 Å². The molecule has 0 aliphatic rings. The molecular weight excluding hydrogens is 328 g/mol. The zero-order valence-corrected chi connectivity index (χ0v) is 13.7. The van der Waals surface area contributed by atoms with E-state index in [9.17, 15) is 13.5 Å². The van der Waals surface area contributed by atoms with E-state index in [1.807, 2.05) is 25.1 Å². The van der Waals surface area contributed by atoms with Gasteiger partial charge in [-0.25, -0.2) is 13.6 Å². The summed E-state index contributed by atoms with van der Waals surface area (Å²) in [4.78, 5) is 2.85. The molecule has 0 fully saturated rings. The van der Waals surface area contributed by atoms with E-state index in [1.165, 1.54) is 24.3 Å². The summed E-state index contributed by atoms with van der Waals surface area (Å²) in [5, 5.41) is 24.0. The van der Waals surface area contributed by atoms with Crippen molar-refractivity contribution in [2.75, 3.05) is 0 Å². The lowest BCUT2D eigenvalue weighted by Crippen LogP contribution is -2.11. The highest BCUT2D eigenvalue weighted by Crippen LogP contribution is 2.36. The van der Waals surface area contributed by atoms with E-state index in [-0.39, 0.29) is 10.8 Å². The Hall–Kier alpha value is -2.71. The SMILES string of the molecule is CCc1ccc2[nH]c(O)c(N=Nc3ccc(S(N)(=O)=O)cc3)c2c1. The van der Waals surface area contributed by atoms with Crippen molar-refractivity contribution in [2.24, 2.45) is 15.4 Å². The van der Waals surface area contributed by atoms with Crippen LogP contribution in [0.2, 0.25) is 0 Å². The zero-order chi connectivity index (χ0) is 17.3. The van der Waals surface area contributed by atoms with Crippen LogP contribution >= 0.6 is 0 Å². The lowest BCUT2D eigenvalue weighted by Gasteiger charge is -1.98. The van der Waals surface area contributed by atoms with Crippen LogP contribution in [0, 0.1) is 0 Å². The van der Waals surface area contributed by atoms with E-state index in [0.29, 0.717) is 11.4 Å². The molecule has 0 aliphatic heterocycles. The van der Waals surface area contributed by atoms with Crippen LogP contribution in [0.4, 0.5) is 11.4 Å². The normalized spacial score (nSPS) is 12.2. The highest BCUT2D eigenvalue weighted by Gasteiger charge is 2.11. The summed E-state index contributed by atoms with van der Waals surface area (Å²) in [6.45, 7) is 2.04. The van der Waals surface area contributed by atoms with Crippen LogP contribution < -0.4 is 5.14 Å². The summed E-state index contributed by atoms with van der Waals surface area (Å²) in [5.74, 6) is -0.0665. The number of sulfonamides is 1. The summed E-state index contributed by atoms with van der Waals surface area (Å²) >= 11 is 0. The molecule has 3 aromatic rings. The number of H-pyrrole nitrogens is 1. The molecule has 124 valence electrons. The maximum Gasteiger partial charge on any atom is 0.238 e. The van der Waals surface area contributed by atoms with Crippen molar-refractivity contribution in [1.82, 2.24) is 4.98 Å². The predicted octanol–water partition coefficient (Wildman–Crippen LogP) is 3.50. The minimum Gasteiger partial charge on any atom is -0.493 e. The third-order valence-electron chi connectivity index (χ3n) is 3.66. The van der Waals surface area contributed by atoms with Crippen LogP contribution in [0.5, 0.6) is 5.88 Å². The highest BCUT2D eigenvalue weighted by atomic mass is 32.2. The molecule has 0 saturated heterocycles. The fourth-order valence-electron chi connectivity index (χ4n) is 2.34. The molecule has 3 rings (SSSR count). The molecule has 4 N–H and O–H groups in total. The molecule has 0 radical (unpaired) electrons. The fourth-order valence-corrected chi connectivity index (χ4v) is 2.86. The Morgan fingerprint density at radius 3 is 2.46 bits per heavy atom. The molecule has 0 aliphatic carbocycles. The largest absolute Gasteiger partial charge is 0.493 e. The number of primary sulfonamides is 1. The molecule has 2 aromatic carbocycles. The Kier molecular flexibility index (Phi) is 4.08. The summed E-state index contributed by atoms with van der Waals surface area (Å²) in [6.07, 6.45) is 0.869. The second-order valence-electron chi connectivity index (χ2n) is 5.29. The van der Waals surface area contributed by atoms with E-state index >= 15 is 0 Å². The molecule has 0 unspecified atom stereocenters. The van der Waals surface area contributed by atoms with Gasteiger partial charge in [0.25, 0.3) is 0 Å². The van der Waals surface area contributed by atoms with Crippen LogP contribution in [-0.4, -0.2) is 18.5 Å². The first-order valence-electron chi connectivity index (χ1n) is 7.26. The van der Waals surface area contributed by atoms with Gasteiger partial charge >= 0.3 is 0 Å². The molecule has 0 amide bonds. The van der Waals surface area contributed by atoms with E-state index in [4.69, 9.17) is 5.14 Å². The van der Waals surface area contributed by atoms with E-state index in [0.717, 1.165) is 22.9 Å². The Morgan fingerprint density at radius 2 is 1.83 bits per heavy atom. The topological polar surface area (TPSA) is 121 Å². The standard InChI is InChI=1S/C16H16N4O3S/c1-2-10-3-8-14-13(9-10)15(16(21)18-14)20-19-11-4-6-12(7-5-11)24(17,22)23/h3-9,18,21H,2H2,1H3,(H2,17,22,23). The lowest BCUT2D eigenvalue weighted by atomic mass is 10.1. The third-order valence-corrected chi connectivity index (χ3v) is 4.58. The summed E-state index contributed by atoms with van der Waals surface area (Å²) in [7, 11) is -3.74. The number of nitrogens with two attached hydrogens (primary N) is 1.